The molecule has 0 bridgehead atoms. The summed E-state index contributed by atoms with van der Waals surface area (Å²) in [7, 11) is 3.00. The van der Waals surface area contributed by atoms with E-state index in [9.17, 15) is 39.5 Å². The Morgan fingerprint density at radius 3 is 0.840 bits per heavy atom. The van der Waals surface area contributed by atoms with Crippen molar-refractivity contribution in [2.45, 2.75) is 15.0 Å². The third-order valence-corrected chi connectivity index (χ3v) is 4.97. The van der Waals surface area contributed by atoms with Gasteiger partial charge in [-0.2, -0.15) is 18.2 Å². The molecule has 0 aliphatic carbocycles. The Bertz CT molecular complexity index is 290. The maximum atomic E-state index is 11.3. The second-order valence-electron chi connectivity index (χ2n) is 2.83. The average Bonchev–Trinajstić information content (AvgIpc) is 2.99. The van der Waals surface area contributed by atoms with Gasteiger partial charge < -0.3 is 15.3 Å². The summed E-state index contributed by atoms with van der Waals surface area (Å²) in [4.78, 5) is 0. The van der Waals surface area contributed by atoms with Gasteiger partial charge in [0.1, 0.15) is 0 Å². The summed E-state index contributed by atoms with van der Waals surface area (Å²) in [5.41, 5.74) is 0. The molecule has 14 heteroatoms. The van der Waals surface area contributed by atoms with Crippen molar-refractivity contribution in [1.29, 1.82) is 0 Å². The molecule has 3 N–H and O–H groups in total. The van der Waals surface area contributed by atoms with E-state index in [0.717, 1.165) is 21.3 Å². The van der Waals surface area contributed by atoms with E-state index in [2.05, 4.69) is 0 Å². The van der Waals surface area contributed by atoms with Crippen LogP contribution in [0.3, 0.4) is 0 Å². The van der Waals surface area contributed by atoms with Crippen molar-refractivity contribution in [2.24, 2.45) is 0 Å². The Hall–Kier alpha value is 0.0260. The van der Waals surface area contributed by atoms with Crippen molar-refractivity contribution >= 4 is 14.3 Å². The Morgan fingerprint density at radius 1 is 0.600 bits per heavy atom. The number of alkyl halides is 9. The molecular formula is C11H17F9GeO3Zr-. The summed E-state index contributed by atoms with van der Waals surface area (Å²) < 4.78 is 102. The van der Waals surface area contributed by atoms with Crippen LogP contribution in [0.2, 0.25) is 0 Å². The monoisotopic (exact) mass is 532 g/mol. The molecular weight excluding hydrogens is 515 g/mol. The van der Waals surface area contributed by atoms with E-state index >= 15 is 0 Å². The third-order valence-electron chi connectivity index (χ3n) is 1.41. The molecule has 0 atom stereocenters. The van der Waals surface area contributed by atoms with Crippen molar-refractivity contribution in [3.63, 3.8) is 0 Å². The van der Waals surface area contributed by atoms with E-state index in [1.54, 1.807) is 0 Å². The van der Waals surface area contributed by atoms with Crippen LogP contribution >= 0.6 is 0 Å². The van der Waals surface area contributed by atoms with E-state index in [4.69, 9.17) is 15.3 Å². The number of halogens is 9. The van der Waals surface area contributed by atoms with Crippen LogP contribution in [0.15, 0.2) is 30.3 Å². The number of hydrogen-bond acceptors (Lipinski definition) is 3. The fourth-order valence-electron chi connectivity index (χ4n) is 0.803. The third kappa shape index (κ3) is 22.0. The standard InChI is InChI=1S/C5H5.C3F9Ge.3CH4O.Zr/c1-2-4-5-3-1;4-1(5,6)13(2(7,8)9)3(10,11)12;3*1-2;/h1-5H;;3*2H,1H3;/q-1;;;;;. The molecule has 0 aromatic heterocycles. The van der Waals surface area contributed by atoms with Crippen molar-refractivity contribution in [3.05, 3.63) is 30.3 Å². The van der Waals surface area contributed by atoms with Crippen LogP contribution in [0.4, 0.5) is 39.5 Å². The van der Waals surface area contributed by atoms with E-state index < -0.39 is 29.4 Å². The molecule has 0 fully saturated rings. The molecule has 0 amide bonds. The van der Waals surface area contributed by atoms with Crippen molar-refractivity contribution in [2.75, 3.05) is 21.3 Å². The van der Waals surface area contributed by atoms with Gasteiger partial charge in [0.15, 0.2) is 0 Å². The first-order valence-corrected chi connectivity index (χ1v) is 8.61. The van der Waals surface area contributed by atoms with Gasteiger partial charge in [-0.1, -0.05) is 0 Å². The summed E-state index contributed by atoms with van der Waals surface area (Å²) in [6, 6.07) is 10.0. The van der Waals surface area contributed by atoms with Crippen molar-refractivity contribution in [1.82, 2.24) is 0 Å². The van der Waals surface area contributed by atoms with Crippen LogP contribution in [0.5, 0.6) is 0 Å². The van der Waals surface area contributed by atoms with Gasteiger partial charge in [0.2, 0.25) is 0 Å². The van der Waals surface area contributed by atoms with Gasteiger partial charge in [-0.15, -0.1) is 0 Å². The topological polar surface area (TPSA) is 60.7 Å². The van der Waals surface area contributed by atoms with Gasteiger partial charge in [-0.25, -0.2) is 12.1 Å². The first-order valence-electron chi connectivity index (χ1n) is 5.46. The molecule has 0 spiro atoms. The molecule has 0 aliphatic heterocycles. The molecule has 0 unspecified atom stereocenters. The van der Waals surface area contributed by atoms with Crippen LogP contribution in [-0.4, -0.2) is 66.0 Å². The Balaban J connectivity index is -0.0000000920. The van der Waals surface area contributed by atoms with Gasteiger partial charge in [0.25, 0.3) is 0 Å². The van der Waals surface area contributed by atoms with Crippen LogP contribution in [0, 0.1) is 0 Å². The predicted molar refractivity (Wildman–Crippen MR) is 70.4 cm³/mol. The normalized spacial score (nSPS) is 10.2. The molecule has 151 valence electrons. The van der Waals surface area contributed by atoms with Crippen LogP contribution in [0.1, 0.15) is 0 Å². The minimum atomic E-state index is -7.10. The smallest absolute Gasteiger partial charge is 0 e. The second kappa shape index (κ2) is 18.8. The average molecular weight is 532 g/mol. The minimum absolute atomic E-state index is 0. The minimum Gasteiger partial charge on any atom is -0.214 e. The largest absolute Gasteiger partial charge is 0.214 e. The van der Waals surface area contributed by atoms with Crippen molar-refractivity contribution < 1.29 is 81.0 Å². The summed E-state index contributed by atoms with van der Waals surface area (Å²) in [5, 5.41) is 2.41. The zero-order valence-corrected chi connectivity index (χ0v) is 17.7. The molecule has 0 saturated heterocycles. The summed E-state index contributed by atoms with van der Waals surface area (Å²) >= 11 is -7.10. The van der Waals surface area contributed by atoms with E-state index in [-0.39, 0.29) is 26.2 Å². The Morgan fingerprint density at radius 2 is 0.800 bits per heavy atom. The van der Waals surface area contributed by atoms with Crippen molar-refractivity contribution in [3.8, 4) is 0 Å². The van der Waals surface area contributed by atoms with E-state index in [0.29, 0.717) is 0 Å². The molecule has 3 nitrogen and oxygen atoms in total. The van der Waals surface area contributed by atoms with Gasteiger partial charge in [0, 0.05) is 47.5 Å². The SMILES string of the molecule is CO.CO.CO.F[C](F)(F)[Ge]([C](F)(F)F)[C](F)(F)F.[Zr].c1cc[cH-]c1. The Kier molecular flexibility index (Phi) is 27.1. The molecule has 1 aromatic rings. The number of hydrogen-bond donors (Lipinski definition) is 3. The zero-order chi connectivity index (χ0) is 20.6. The molecule has 1 aromatic carbocycles. The van der Waals surface area contributed by atoms with Gasteiger partial charge in [-0.05, 0) is 0 Å². The fraction of sp³-hybridized carbons (Fsp3) is 0.545. The van der Waals surface area contributed by atoms with Crippen LogP contribution in [-0.2, 0) is 26.2 Å². The van der Waals surface area contributed by atoms with E-state index in [1.165, 1.54) is 0 Å². The number of rotatable bonds is 0. The number of aliphatic hydroxyl groups excluding tert-OH is 3. The Labute approximate surface area is 162 Å². The second-order valence-corrected chi connectivity index (χ2v) is 7.97. The van der Waals surface area contributed by atoms with Gasteiger partial charge in [-0.3, -0.25) is 0 Å². The van der Waals surface area contributed by atoms with Crippen LogP contribution < -0.4 is 0 Å². The summed E-state index contributed by atoms with van der Waals surface area (Å²) in [5.74, 6) is 0. The van der Waals surface area contributed by atoms with Gasteiger partial charge in [0.05, 0.1) is 0 Å². The molecule has 25 heavy (non-hydrogen) atoms. The maximum Gasteiger partial charge on any atom is 0 e. The quantitative estimate of drug-likeness (QED) is 0.274. The number of aliphatic hydroxyl groups is 3. The zero-order valence-electron chi connectivity index (χ0n) is 13.1. The maximum absolute atomic E-state index is 11.3. The summed E-state index contributed by atoms with van der Waals surface area (Å²) in [6.07, 6.45) is 0. The first-order chi connectivity index (χ1) is 10.9. The molecule has 0 aliphatic rings. The molecule has 0 saturated carbocycles. The van der Waals surface area contributed by atoms with Crippen LogP contribution in [0.25, 0.3) is 0 Å². The fourth-order valence-corrected chi connectivity index (χ4v) is 2.83. The van der Waals surface area contributed by atoms with Gasteiger partial charge >= 0.3 is 68.9 Å². The molecule has 0 heterocycles. The molecule has 1 rings (SSSR count). The summed E-state index contributed by atoms with van der Waals surface area (Å²) in [6.45, 7) is 0. The first kappa shape index (κ1) is 36.0. The predicted octanol–water partition coefficient (Wildman–Crippen LogP) is 3.01. The van der Waals surface area contributed by atoms with E-state index in [1.807, 2.05) is 30.3 Å². The molecule has 1 radical (unpaired) electrons.